The molecule has 102 valence electrons. The second-order valence-electron chi connectivity index (χ2n) is 5.29. The van der Waals surface area contributed by atoms with Gasteiger partial charge in [0, 0.05) is 11.6 Å². The number of carbonyl (C=O) groups is 2. The lowest BCUT2D eigenvalue weighted by Crippen LogP contribution is -2.43. The number of hydrogen-bond acceptors (Lipinski definition) is 2. The van der Waals surface area contributed by atoms with Crippen LogP contribution < -0.4 is 5.73 Å². The van der Waals surface area contributed by atoms with Crippen LogP contribution in [0.4, 0.5) is 0 Å². The number of fused-ring (bicyclic) bond motifs is 1. The lowest BCUT2D eigenvalue weighted by atomic mass is 10.0. The van der Waals surface area contributed by atoms with Crippen LogP contribution >= 0.6 is 0 Å². The summed E-state index contributed by atoms with van der Waals surface area (Å²) in [5, 5.41) is 0. The summed E-state index contributed by atoms with van der Waals surface area (Å²) in [5.74, 6) is -0.567. The minimum atomic E-state index is -0.477. The molecule has 1 aliphatic rings. The van der Waals surface area contributed by atoms with Gasteiger partial charge in [0.15, 0.2) is 0 Å². The Bertz CT molecular complexity index is 509. The Morgan fingerprint density at radius 1 is 1.32 bits per heavy atom. The molecule has 0 atom stereocenters. The highest BCUT2D eigenvalue weighted by atomic mass is 16.2. The van der Waals surface area contributed by atoms with Crippen LogP contribution in [0.2, 0.25) is 0 Å². The summed E-state index contributed by atoms with van der Waals surface area (Å²) in [6, 6.07) is 5.80. The molecular weight excluding hydrogens is 240 g/mol. The van der Waals surface area contributed by atoms with Gasteiger partial charge >= 0.3 is 0 Å². The zero-order chi connectivity index (χ0) is 14.0. The van der Waals surface area contributed by atoms with Gasteiger partial charge in [0.25, 0.3) is 5.91 Å². The molecule has 0 spiro atoms. The number of hydrogen-bond donors (Lipinski definition) is 1. The topological polar surface area (TPSA) is 63.4 Å². The molecular formula is C15H20N2O2. The van der Waals surface area contributed by atoms with Crippen molar-refractivity contribution in [1.82, 2.24) is 4.90 Å². The molecule has 0 radical (unpaired) electrons. The minimum absolute atomic E-state index is 0.0276. The van der Waals surface area contributed by atoms with E-state index >= 15 is 0 Å². The summed E-state index contributed by atoms with van der Waals surface area (Å²) in [7, 11) is 0. The summed E-state index contributed by atoms with van der Waals surface area (Å²) >= 11 is 0. The first-order valence-electron chi connectivity index (χ1n) is 6.70. The molecule has 4 nitrogen and oxygen atoms in total. The summed E-state index contributed by atoms with van der Waals surface area (Å²) in [4.78, 5) is 25.2. The van der Waals surface area contributed by atoms with Gasteiger partial charge in [0.05, 0.1) is 6.54 Å². The van der Waals surface area contributed by atoms with E-state index in [0.29, 0.717) is 0 Å². The summed E-state index contributed by atoms with van der Waals surface area (Å²) in [5.41, 5.74) is 8.35. The summed E-state index contributed by atoms with van der Waals surface area (Å²) in [6.45, 7) is 3.76. The van der Waals surface area contributed by atoms with Crippen molar-refractivity contribution in [2.75, 3.05) is 6.54 Å². The van der Waals surface area contributed by atoms with E-state index in [4.69, 9.17) is 5.73 Å². The van der Waals surface area contributed by atoms with Crippen LogP contribution in [0.1, 0.15) is 41.8 Å². The van der Waals surface area contributed by atoms with Gasteiger partial charge in [-0.05, 0) is 50.3 Å². The Kier molecular flexibility index (Phi) is 3.88. The van der Waals surface area contributed by atoms with Gasteiger partial charge in [-0.15, -0.1) is 0 Å². The normalized spacial score (nSPS) is 13.4. The van der Waals surface area contributed by atoms with Gasteiger partial charge in [-0.25, -0.2) is 0 Å². The molecule has 0 bridgehead atoms. The van der Waals surface area contributed by atoms with Crippen molar-refractivity contribution in [2.45, 2.75) is 39.2 Å². The molecule has 1 aromatic carbocycles. The maximum Gasteiger partial charge on any atom is 0.254 e. The van der Waals surface area contributed by atoms with Crippen LogP contribution in [0.25, 0.3) is 0 Å². The molecule has 19 heavy (non-hydrogen) atoms. The third kappa shape index (κ3) is 2.78. The largest absolute Gasteiger partial charge is 0.368 e. The molecule has 2 amide bonds. The van der Waals surface area contributed by atoms with Gasteiger partial charge in [0.1, 0.15) is 0 Å². The lowest BCUT2D eigenvalue weighted by Gasteiger charge is -2.26. The number of primary amides is 1. The monoisotopic (exact) mass is 260 g/mol. The maximum atomic E-state index is 12.6. The van der Waals surface area contributed by atoms with E-state index in [1.807, 2.05) is 26.0 Å². The first kappa shape index (κ1) is 13.6. The number of nitrogens with zero attached hydrogens (tertiary/aromatic N) is 1. The average molecular weight is 260 g/mol. The number of benzene rings is 1. The molecule has 2 N–H and O–H groups in total. The fourth-order valence-electron chi connectivity index (χ4n) is 2.63. The smallest absolute Gasteiger partial charge is 0.254 e. The molecule has 0 saturated carbocycles. The van der Waals surface area contributed by atoms with Crippen molar-refractivity contribution in [2.24, 2.45) is 5.73 Å². The Balaban J connectivity index is 2.32. The van der Waals surface area contributed by atoms with Gasteiger partial charge < -0.3 is 10.6 Å². The number of amides is 2. The highest BCUT2D eigenvalue weighted by Gasteiger charge is 2.25. The fraction of sp³-hybridized carbons (Fsp3) is 0.467. The van der Waals surface area contributed by atoms with Crippen LogP contribution in [-0.4, -0.2) is 29.3 Å². The zero-order valence-corrected chi connectivity index (χ0v) is 11.5. The molecule has 0 aromatic heterocycles. The van der Waals surface area contributed by atoms with Crippen molar-refractivity contribution in [3.8, 4) is 0 Å². The quantitative estimate of drug-likeness (QED) is 0.892. The predicted molar refractivity (Wildman–Crippen MR) is 73.8 cm³/mol. The first-order chi connectivity index (χ1) is 9.00. The molecule has 2 rings (SSSR count). The van der Waals surface area contributed by atoms with Gasteiger partial charge in [-0.2, -0.15) is 0 Å². The van der Waals surface area contributed by atoms with Crippen LogP contribution in [-0.2, 0) is 17.6 Å². The van der Waals surface area contributed by atoms with Gasteiger partial charge in [-0.1, -0.05) is 12.1 Å². The molecule has 1 aromatic rings. The van der Waals surface area contributed by atoms with Gasteiger partial charge in [-0.3, -0.25) is 9.59 Å². The van der Waals surface area contributed by atoms with Gasteiger partial charge in [0.2, 0.25) is 5.91 Å². The number of rotatable bonds is 4. The third-order valence-corrected chi connectivity index (χ3v) is 3.59. The zero-order valence-electron chi connectivity index (χ0n) is 11.5. The summed E-state index contributed by atoms with van der Waals surface area (Å²) in [6.07, 6.45) is 3.07. The van der Waals surface area contributed by atoms with Crippen LogP contribution in [0.15, 0.2) is 18.2 Å². The Hall–Kier alpha value is -1.84. The van der Waals surface area contributed by atoms with Crippen molar-refractivity contribution < 1.29 is 9.59 Å². The fourth-order valence-corrected chi connectivity index (χ4v) is 2.63. The molecule has 0 unspecified atom stereocenters. The molecule has 0 aliphatic heterocycles. The van der Waals surface area contributed by atoms with Crippen molar-refractivity contribution in [1.29, 1.82) is 0 Å². The van der Waals surface area contributed by atoms with Crippen LogP contribution in [0.3, 0.4) is 0 Å². The standard InChI is InChI=1S/C15H20N2O2/c1-10(2)17(9-14(16)18)15(19)13-8-4-6-11-5-3-7-12(11)13/h4,6,8,10H,3,5,7,9H2,1-2H3,(H2,16,18). The number of aryl methyl sites for hydroxylation is 1. The predicted octanol–water partition coefficient (Wildman–Crippen LogP) is 1.51. The Labute approximate surface area is 113 Å². The molecule has 4 heteroatoms. The van der Waals surface area contributed by atoms with E-state index in [2.05, 4.69) is 6.07 Å². The first-order valence-corrected chi connectivity index (χ1v) is 6.70. The number of nitrogens with two attached hydrogens (primary N) is 1. The Morgan fingerprint density at radius 2 is 2.05 bits per heavy atom. The highest BCUT2D eigenvalue weighted by Crippen LogP contribution is 2.26. The van der Waals surface area contributed by atoms with E-state index in [-0.39, 0.29) is 18.5 Å². The van der Waals surface area contributed by atoms with Crippen molar-refractivity contribution >= 4 is 11.8 Å². The van der Waals surface area contributed by atoms with E-state index in [0.717, 1.165) is 30.4 Å². The highest BCUT2D eigenvalue weighted by molar-refractivity contribution is 5.98. The maximum absolute atomic E-state index is 12.6. The van der Waals surface area contributed by atoms with Crippen LogP contribution in [0, 0.1) is 0 Å². The number of carbonyl (C=O) groups excluding carboxylic acids is 2. The van der Waals surface area contributed by atoms with E-state index in [1.54, 1.807) is 0 Å². The van der Waals surface area contributed by atoms with E-state index in [1.165, 1.54) is 10.5 Å². The van der Waals surface area contributed by atoms with Crippen molar-refractivity contribution in [3.63, 3.8) is 0 Å². The SMILES string of the molecule is CC(C)N(CC(N)=O)C(=O)c1cccc2c1CCC2. The van der Waals surface area contributed by atoms with E-state index in [9.17, 15) is 9.59 Å². The van der Waals surface area contributed by atoms with E-state index < -0.39 is 5.91 Å². The second kappa shape index (κ2) is 5.43. The molecule has 0 saturated heterocycles. The second-order valence-corrected chi connectivity index (χ2v) is 5.29. The molecule has 0 fully saturated rings. The van der Waals surface area contributed by atoms with Crippen molar-refractivity contribution in [3.05, 3.63) is 34.9 Å². The average Bonchev–Trinajstić information content (AvgIpc) is 2.82. The van der Waals surface area contributed by atoms with Crippen LogP contribution in [0.5, 0.6) is 0 Å². The Morgan fingerprint density at radius 3 is 2.68 bits per heavy atom. The molecule has 0 heterocycles. The lowest BCUT2D eigenvalue weighted by molar-refractivity contribution is -0.119. The molecule has 1 aliphatic carbocycles. The minimum Gasteiger partial charge on any atom is -0.368 e. The third-order valence-electron chi connectivity index (χ3n) is 3.59. The summed E-state index contributed by atoms with van der Waals surface area (Å²) < 4.78 is 0.